The maximum absolute atomic E-state index is 6.30. The van der Waals surface area contributed by atoms with Gasteiger partial charge in [-0.05, 0) is 32.0 Å². The van der Waals surface area contributed by atoms with E-state index >= 15 is 0 Å². The summed E-state index contributed by atoms with van der Waals surface area (Å²) >= 11 is 6.28. The van der Waals surface area contributed by atoms with E-state index in [2.05, 4.69) is 0 Å². The Balaban J connectivity index is 1.99. The molecule has 1 aromatic heterocycles. The Morgan fingerprint density at radius 3 is 2.52 bits per heavy atom. The van der Waals surface area contributed by atoms with Gasteiger partial charge >= 0.3 is 0 Å². The molecule has 0 saturated carbocycles. The Morgan fingerprint density at radius 1 is 1.13 bits per heavy atom. The number of hydrogen-bond acceptors (Lipinski definition) is 3. The fourth-order valence-corrected chi connectivity index (χ4v) is 2.88. The van der Waals surface area contributed by atoms with Gasteiger partial charge in [0.15, 0.2) is 0 Å². The van der Waals surface area contributed by atoms with E-state index in [0.29, 0.717) is 11.4 Å². The number of benzene rings is 2. The van der Waals surface area contributed by atoms with Crippen molar-refractivity contribution in [2.45, 2.75) is 31.9 Å². The highest BCUT2D eigenvalue weighted by Gasteiger charge is 2.24. The molecule has 0 aliphatic rings. The van der Waals surface area contributed by atoms with Crippen LogP contribution in [0.15, 0.2) is 59.4 Å². The average molecular weight is 330 g/mol. The normalized spacial score (nSPS) is 13.2. The lowest BCUT2D eigenvalue weighted by atomic mass is 9.95. The summed E-state index contributed by atoms with van der Waals surface area (Å²) in [4.78, 5) is 0. The van der Waals surface area contributed by atoms with Crippen molar-refractivity contribution in [2.24, 2.45) is 5.73 Å². The van der Waals surface area contributed by atoms with Gasteiger partial charge in [0.2, 0.25) is 0 Å². The molecule has 3 aromatic rings. The number of hydrogen-bond donors (Lipinski definition) is 1. The molecule has 3 rings (SSSR count). The molecular weight excluding hydrogens is 310 g/mol. The topological polar surface area (TPSA) is 48.4 Å². The van der Waals surface area contributed by atoms with E-state index in [9.17, 15) is 0 Å². The van der Waals surface area contributed by atoms with Gasteiger partial charge < -0.3 is 14.9 Å². The van der Waals surface area contributed by atoms with Crippen molar-refractivity contribution in [1.29, 1.82) is 0 Å². The second-order valence-corrected chi connectivity index (χ2v) is 6.85. The molecule has 1 heterocycles. The molecule has 1 unspecified atom stereocenters. The highest BCUT2D eigenvalue weighted by Crippen LogP contribution is 2.35. The van der Waals surface area contributed by atoms with Crippen LogP contribution < -0.4 is 10.5 Å². The third-order valence-corrected chi connectivity index (χ3v) is 4.06. The van der Waals surface area contributed by atoms with Gasteiger partial charge in [0.1, 0.15) is 11.9 Å². The Kier molecular flexibility index (Phi) is 4.33. The van der Waals surface area contributed by atoms with Crippen molar-refractivity contribution in [1.82, 2.24) is 0 Å². The van der Waals surface area contributed by atoms with Crippen LogP contribution in [0.4, 0.5) is 0 Å². The first-order valence-corrected chi connectivity index (χ1v) is 7.97. The van der Waals surface area contributed by atoms with Crippen molar-refractivity contribution >= 4 is 22.4 Å². The molecule has 0 aliphatic carbocycles. The van der Waals surface area contributed by atoms with Crippen LogP contribution in [0.25, 0.3) is 10.8 Å². The van der Waals surface area contributed by atoms with Gasteiger partial charge in [0.05, 0.1) is 12.5 Å². The zero-order valence-corrected chi connectivity index (χ0v) is 14.0. The number of furan rings is 1. The molecule has 23 heavy (non-hydrogen) atoms. The second-order valence-electron chi connectivity index (χ2n) is 6.45. The van der Waals surface area contributed by atoms with E-state index in [4.69, 9.17) is 26.5 Å². The molecule has 1 atom stereocenters. The minimum Gasteiger partial charge on any atom is -0.485 e. The number of ether oxygens (including phenoxy) is 1. The predicted octanol–water partition coefficient (Wildman–Crippen LogP) is 5.33. The van der Waals surface area contributed by atoms with E-state index in [-0.39, 0.29) is 11.6 Å². The van der Waals surface area contributed by atoms with Gasteiger partial charge in [-0.3, -0.25) is 0 Å². The standard InChI is InChI=1S/C19H20ClNO2/c1-19(2,21)11-18(13-9-10-22-12-13)23-17-8-7-16(20)14-5-3-4-6-15(14)17/h3-10,12,18H,11,21H2,1-2H3. The molecule has 0 saturated heterocycles. The maximum Gasteiger partial charge on any atom is 0.129 e. The number of halogens is 1. The van der Waals surface area contributed by atoms with Crippen molar-refractivity contribution < 1.29 is 9.15 Å². The number of fused-ring (bicyclic) bond motifs is 1. The van der Waals surface area contributed by atoms with Gasteiger partial charge in [-0.25, -0.2) is 0 Å². The van der Waals surface area contributed by atoms with E-state index in [1.165, 1.54) is 0 Å². The molecule has 0 aliphatic heterocycles. The summed E-state index contributed by atoms with van der Waals surface area (Å²) in [7, 11) is 0. The van der Waals surface area contributed by atoms with Crippen molar-refractivity contribution in [3.05, 3.63) is 65.6 Å². The molecule has 2 aromatic carbocycles. The summed E-state index contributed by atoms with van der Waals surface area (Å²) < 4.78 is 11.5. The minimum atomic E-state index is -0.357. The van der Waals surface area contributed by atoms with Crippen LogP contribution in [0.5, 0.6) is 5.75 Å². The molecule has 0 spiro atoms. The SMILES string of the molecule is CC(C)(N)CC(Oc1ccc(Cl)c2ccccc12)c1ccoc1. The van der Waals surface area contributed by atoms with Crippen molar-refractivity contribution in [2.75, 3.05) is 0 Å². The highest BCUT2D eigenvalue weighted by atomic mass is 35.5. The van der Waals surface area contributed by atoms with E-state index < -0.39 is 0 Å². The Morgan fingerprint density at radius 2 is 1.87 bits per heavy atom. The molecule has 4 heteroatoms. The minimum absolute atomic E-state index is 0.182. The zero-order chi connectivity index (χ0) is 16.4. The van der Waals surface area contributed by atoms with Gasteiger partial charge in [-0.2, -0.15) is 0 Å². The van der Waals surface area contributed by atoms with Gasteiger partial charge in [0, 0.05) is 33.3 Å². The summed E-state index contributed by atoms with van der Waals surface area (Å²) in [6.45, 7) is 3.98. The van der Waals surface area contributed by atoms with Crippen LogP contribution in [0.2, 0.25) is 5.02 Å². The van der Waals surface area contributed by atoms with Crippen LogP contribution in [0, 0.1) is 0 Å². The first kappa shape index (κ1) is 15.9. The summed E-state index contributed by atoms with van der Waals surface area (Å²) in [6, 6.07) is 13.6. The van der Waals surface area contributed by atoms with Crippen LogP contribution >= 0.6 is 11.6 Å². The molecule has 3 nitrogen and oxygen atoms in total. The lowest BCUT2D eigenvalue weighted by Crippen LogP contribution is -2.35. The predicted molar refractivity (Wildman–Crippen MR) is 93.9 cm³/mol. The Bertz CT molecular complexity index is 791. The molecule has 0 amide bonds. The van der Waals surface area contributed by atoms with Crippen LogP contribution in [0.3, 0.4) is 0 Å². The quantitative estimate of drug-likeness (QED) is 0.687. The number of nitrogens with two attached hydrogens (primary N) is 1. The molecule has 0 radical (unpaired) electrons. The molecule has 2 N–H and O–H groups in total. The molecular formula is C19H20ClNO2. The van der Waals surface area contributed by atoms with Gasteiger partial charge in [0.25, 0.3) is 0 Å². The maximum atomic E-state index is 6.30. The monoisotopic (exact) mass is 329 g/mol. The lowest BCUT2D eigenvalue weighted by Gasteiger charge is -2.26. The van der Waals surface area contributed by atoms with E-state index in [1.807, 2.05) is 56.3 Å². The second kappa shape index (κ2) is 6.26. The van der Waals surface area contributed by atoms with E-state index in [1.54, 1.807) is 12.5 Å². The lowest BCUT2D eigenvalue weighted by molar-refractivity contribution is 0.168. The first-order chi connectivity index (χ1) is 10.9. The highest BCUT2D eigenvalue weighted by molar-refractivity contribution is 6.35. The third-order valence-electron chi connectivity index (χ3n) is 3.73. The summed E-state index contributed by atoms with van der Waals surface area (Å²) in [5, 5.41) is 2.68. The zero-order valence-electron chi connectivity index (χ0n) is 13.3. The molecule has 0 fully saturated rings. The third kappa shape index (κ3) is 3.69. The van der Waals surface area contributed by atoms with Crippen LogP contribution in [-0.4, -0.2) is 5.54 Å². The fraction of sp³-hybridized carbons (Fsp3) is 0.263. The largest absolute Gasteiger partial charge is 0.485 e. The summed E-state index contributed by atoms with van der Waals surface area (Å²) in [5.74, 6) is 0.792. The average Bonchev–Trinajstić information content (AvgIpc) is 3.02. The van der Waals surface area contributed by atoms with Gasteiger partial charge in [-0.1, -0.05) is 35.9 Å². The summed E-state index contributed by atoms with van der Waals surface area (Å²) in [6.07, 6.45) is 3.84. The summed E-state index contributed by atoms with van der Waals surface area (Å²) in [5.41, 5.74) is 6.82. The molecule has 0 bridgehead atoms. The molecule has 120 valence electrons. The van der Waals surface area contributed by atoms with Crippen LogP contribution in [-0.2, 0) is 0 Å². The van der Waals surface area contributed by atoms with E-state index in [0.717, 1.165) is 22.1 Å². The first-order valence-electron chi connectivity index (χ1n) is 7.59. The Labute approximate surface area is 141 Å². The Hall–Kier alpha value is -1.97. The van der Waals surface area contributed by atoms with Crippen LogP contribution in [0.1, 0.15) is 31.9 Å². The fourth-order valence-electron chi connectivity index (χ4n) is 2.65. The number of rotatable bonds is 5. The van der Waals surface area contributed by atoms with Gasteiger partial charge in [-0.15, -0.1) is 0 Å². The van der Waals surface area contributed by atoms with Crippen molar-refractivity contribution in [3.8, 4) is 5.75 Å². The smallest absolute Gasteiger partial charge is 0.129 e. The van der Waals surface area contributed by atoms with Crippen molar-refractivity contribution in [3.63, 3.8) is 0 Å².